The zero-order valence-corrected chi connectivity index (χ0v) is 15.3. The van der Waals surface area contributed by atoms with Crippen LogP contribution in [0.1, 0.15) is 43.5 Å². The number of aromatic amines is 1. The first-order valence-corrected chi connectivity index (χ1v) is 8.29. The molecular weight excluding hydrogens is 318 g/mol. The number of hydrogen-bond acceptors (Lipinski definition) is 5. The molecule has 0 aliphatic rings. The number of aromatic nitrogens is 2. The van der Waals surface area contributed by atoms with Gasteiger partial charge in [0, 0.05) is 25.7 Å². The Hall–Kier alpha value is -2.43. The number of rotatable bonds is 10. The first-order valence-electron chi connectivity index (χ1n) is 8.29. The van der Waals surface area contributed by atoms with Crippen LogP contribution >= 0.6 is 0 Å². The molecule has 25 heavy (non-hydrogen) atoms. The molecule has 1 rings (SSSR count). The van der Waals surface area contributed by atoms with Crippen LogP contribution in [0.5, 0.6) is 0 Å². The number of imidazole rings is 1. The number of hydrogen-bond donors (Lipinski definition) is 3. The van der Waals surface area contributed by atoms with Gasteiger partial charge >= 0.3 is 0 Å². The number of ether oxygens (including phenoxy) is 1. The molecule has 0 unspecified atom stereocenters. The van der Waals surface area contributed by atoms with Gasteiger partial charge in [-0.25, -0.2) is 4.98 Å². The van der Waals surface area contributed by atoms with E-state index in [4.69, 9.17) is 10.00 Å². The number of amides is 1. The van der Waals surface area contributed by atoms with Gasteiger partial charge in [0.2, 0.25) is 0 Å². The molecule has 1 heterocycles. The molecule has 0 saturated carbocycles. The normalized spacial score (nSPS) is 12.4. The number of nitriles is 1. The fraction of sp³-hybridized carbons (Fsp3) is 0.500. The number of H-pyrrole nitrogens is 1. The van der Waals surface area contributed by atoms with Crippen LogP contribution in [-0.4, -0.2) is 48.2 Å². The first kappa shape index (κ1) is 20.6. The van der Waals surface area contributed by atoms with Gasteiger partial charge in [0.25, 0.3) is 5.91 Å². The number of carbonyl (C=O) groups excluding carboxylic acids is 1. The van der Waals surface area contributed by atoms with E-state index in [1.165, 1.54) is 6.20 Å². The molecule has 0 aromatic carbocycles. The van der Waals surface area contributed by atoms with Gasteiger partial charge in [-0.2, -0.15) is 5.26 Å². The highest BCUT2D eigenvalue weighted by Gasteiger charge is 2.19. The van der Waals surface area contributed by atoms with E-state index >= 15 is 0 Å². The topological polar surface area (TPSA) is 103 Å². The molecule has 1 aromatic heterocycles. The Kier molecular flexibility index (Phi) is 8.61. The lowest BCUT2D eigenvalue weighted by atomic mass is 9.92. The minimum Gasteiger partial charge on any atom is -0.383 e. The summed E-state index contributed by atoms with van der Waals surface area (Å²) in [7, 11) is 1.68. The number of carbonyl (C=O) groups is 1. The minimum absolute atomic E-state index is 0.135. The van der Waals surface area contributed by atoms with Crippen molar-refractivity contribution in [2.24, 2.45) is 0 Å². The fourth-order valence-corrected chi connectivity index (χ4v) is 2.23. The number of allylic oxidation sites excluding steroid dienone is 1. The van der Waals surface area contributed by atoms with E-state index in [0.717, 1.165) is 18.5 Å². The molecule has 7 heteroatoms. The van der Waals surface area contributed by atoms with Crippen molar-refractivity contribution >= 4 is 5.91 Å². The average Bonchev–Trinajstić information content (AvgIpc) is 3.06. The summed E-state index contributed by atoms with van der Waals surface area (Å²) in [6.07, 6.45) is 8.31. The third kappa shape index (κ3) is 6.91. The Morgan fingerprint density at radius 2 is 2.28 bits per heavy atom. The summed E-state index contributed by atoms with van der Waals surface area (Å²) in [5, 5.41) is 14.9. The van der Waals surface area contributed by atoms with E-state index in [-0.39, 0.29) is 23.0 Å². The second kappa shape index (κ2) is 10.4. The maximum atomic E-state index is 11.9. The van der Waals surface area contributed by atoms with Gasteiger partial charge in [-0.05, 0) is 25.8 Å². The van der Waals surface area contributed by atoms with Crippen molar-refractivity contribution < 1.29 is 9.53 Å². The van der Waals surface area contributed by atoms with E-state index in [2.05, 4.69) is 47.4 Å². The molecule has 1 aromatic rings. The van der Waals surface area contributed by atoms with Crippen LogP contribution in [-0.2, 0) is 4.74 Å². The van der Waals surface area contributed by atoms with E-state index in [1.807, 2.05) is 18.2 Å². The maximum absolute atomic E-state index is 11.9. The van der Waals surface area contributed by atoms with Crippen molar-refractivity contribution in [1.82, 2.24) is 20.6 Å². The summed E-state index contributed by atoms with van der Waals surface area (Å²) < 4.78 is 5.08. The molecule has 7 nitrogen and oxygen atoms in total. The lowest BCUT2D eigenvalue weighted by Gasteiger charge is -2.28. The Morgan fingerprint density at radius 1 is 1.52 bits per heavy atom. The van der Waals surface area contributed by atoms with Crippen LogP contribution in [0, 0.1) is 11.3 Å². The molecule has 0 aliphatic carbocycles. The Bertz CT molecular complexity index is 653. The Labute approximate surface area is 149 Å². The van der Waals surface area contributed by atoms with Gasteiger partial charge in [-0.1, -0.05) is 25.2 Å². The predicted molar refractivity (Wildman–Crippen MR) is 97.1 cm³/mol. The van der Waals surface area contributed by atoms with Crippen molar-refractivity contribution in [1.29, 1.82) is 5.26 Å². The molecule has 3 N–H and O–H groups in total. The molecule has 0 aliphatic heterocycles. The van der Waals surface area contributed by atoms with Crippen LogP contribution in [0.4, 0.5) is 0 Å². The molecular formula is C18H27N5O2. The lowest BCUT2D eigenvalue weighted by Crippen LogP contribution is -2.42. The molecule has 0 atom stereocenters. The van der Waals surface area contributed by atoms with Crippen LogP contribution < -0.4 is 10.6 Å². The molecule has 0 radical (unpaired) electrons. The van der Waals surface area contributed by atoms with Crippen LogP contribution in [0.15, 0.2) is 30.0 Å². The largest absolute Gasteiger partial charge is 0.383 e. The lowest BCUT2D eigenvalue weighted by molar-refractivity contribution is 0.0948. The second-order valence-electron chi connectivity index (χ2n) is 5.98. The summed E-state index contributed by atoms with van der Waals surface area (Å²) >= 11 is 0. The maximum Gasteiger partial charge on any atom is 0.287 e. The van der Waals surface area contributed by atoms with Gasteiger partial charge < -0.3 is 20.4 Å². The minimum atomic E-state index is -0.343. The molecule has 0 bridgehead atoms. The fourth-order valence-electron chi connectivity index (χ4n) is 2.23. The van der Waals surface area contributed by atoms with E-state index in [0.29, 0.717) is 13.2 Å². The highest BCUT2D eigenvalue weighted by molar-refractivity contribution is 5.90. The zero-order chi connectivity index (χ0) is 18.7. The number of nitrogens with one attached hydrogen (secondary N) is 3. The second-order valence-corrected chi connectivity index (χ2v) is 5.98. The molecule has 0 fully saturated rings. The summed E-state index contributed by atoms with van der Waals surface area (Å²) in [5.41, 5.74) is 1.21. The standard InChI is InChI=1S/C18H27N5O2/c1-5-7-14(18(2,3)22-10-11-25-4)8-6-9-20-17(24)16-21-13-15(12-19)23-16/h6-8,13,22H,5,9-11H2,1-4H3,(H,20,24)(H,21,23)/b8-6-,14-7+. The summed E-state index contributed by atoms with van der Waals surface area (Å²) in [5.74, 6) is -0.208. The zero-order valence-electron chi connectivity index (χ0n) is 15.3. The summed E-state index contributed by atoms with van der Waals surface area (Å²) in [4.78, 5) is 18.4. The number of nitrogens with zero attached hydrogens (tertiary/aromatic N) is 2. The van der Waals surface area contributed by atoms with Gasteiger partial charge in [-0.15, -0.1) is 0 Å². The third-order valence-corrected chi connectivity index (χ3v) is 3.61. The third-order valence-electron chi connectivity index (χ3n) is 3.61. The van der Waals surface area contributed by atoms with E-state index in [1.54, 1.807) is 7.11 Å². The summed E-state index contributed by atoms with van der Waals surface area (Å²) in [6, 6.07) is 1.90. The Balaban J connectivity index is 2.59. The van der Waals surface area contributed by atoms with Crippen molar-refractivity contribution in [3.8, 4) is 6.07 Å². The molecule has 136 valence electrons. The molecule has 0 spiro atoms. The highest BCUT2D eigenvalue weighted by Crippen LogP contribution is 2.18. The van der Waals surface area contributed by atoms with Crippen LogP contribution in [0.2, 0.25) is 0 Å². The van der Waals surface area contributed by atoms with E-state index < -0.39 is 0 Å². The first-order chi connectivity index (χ1) is 11.9. The van der Waals surface area contributed by atoms with Gasteiger partial charge in [-0.3, -0.25) is 4.79 Å². The van der Waals surface area contributed by atoms with Crippen LogP contribution in [0.25, 0.3) is 0 Å². The van der Waals surface area contributed by atoms with Crippen molar-refractivity contribution in [3.63, 3.8) is 0 Å². The van der Waals surface area contributed by atoms with Crippen molar-refractivity contribution in [2.75, 3.05) is 26.8 Å². The molecule has 1 amide bonds. The monoisotopic (exact) mass is 345 g/mol. The number of methoxy groups -OCH3 is 1. The highest BCUT2D eigenvalue weighted by atomic mass is 16.5. The van der Waals surface area contributed by atoms with E-state index in [9.17, 15) is 4.79 Å². The summed E-state index contributed by atoms with van der Waals surface area (Å²) in [6.45, 7) is 8.09. The van der Waals surface area contributed by atoms with Gasteiger partial charge in [0.15, 0.2) is 5.82 Å². The van der Waals surface area contributed by atoms with Gasteiger partial charge in [0.05, 0.1) is 12.8 Å². The van der Waals surface area contributed by atoms with Crippen LogP contribution in [0.3, 0.4) is 0 Å². The predicted octanol–water partition coefficient (Wildman–Crippen LogP) is 1.92. The van der Waals surface area contributed by atoms with Crippen molar-refractivity contribution in [2.45, 2.75) is 32.7 Å². The molecule has 0 saturated heterocycles. The van der Waals surface area contributed by atoms with Crippen molar-refractivity contribution in [3.05, 3.63) is 41.5 Å². The quantitative estimate of drug-likeness (QED) is 0.444. The van der Waals surface area contributed by atoms with Gasteiger partial charge in [0.1, 0.15) is 11.8 Å². The smallest absolute Gasteiger partial charge is 0.287 e. The Morgan fingerprint density at radius 3 is 2.88 bits per heavy atom. The average molecular weight is 345 g/mol. The SMILES string of the molecule is CC/C=C(\C=C/CNC(=O)c1ncc(C#N)[nH]1)C(C)(C)NCCOC.